The Morgan fingerprint density at radius 1 is 1.67 bits per heavy atom. The van der Waals surface area contributed by atoms with Gasteiger partial charge in [0.1, 0.15) is 0 Å². The predicted molar refractivity (Wildman–Crippen MR) is 21.7 cm³/mol. The number of hydrogen-bond donors (Lipinski definition) is 0. The van der Waals surface area contributed by atoms with E-state index in [1.807, 2.05) is 0 Å². The molecule has 0 aliphatic carbocycles. The van der Waals surface area contributed by atoms with Crippen molar-refractivity contribution in [2.75, 3.05) is 0 Å². The van der Waals surface area contributed by atoms with Gasteiger partial charge in [0, 0.05) is 0 Å². The average Bonchev–Trinajstić information content (AvgIpc) is 1.37. The molecular formula is C3H5BeBrO. The molecule has 3 heteroatoms. The monoisotopic (exact) mass is 145 g/mol. The molecule has 0 saturated carbocycles. The zero-order valence-electron chi connectivity index (χ0n) is 3.70. The fraction of sp³-hybridized carbons (Fsp3) is 0.667. The Kier molecular flexibility index (Phi) is 49.9. The number of carbonyl (C=O) groups excluding carboxylic acids is 1. The van der Waals surface area contributed by atoms with Crippen LogP contribution < -0.4 is 17.0 Å². The largest absolute Gasteiger partial charge is 2.00 e. The summed E-state index contributed by atoms with van der Waals surface area (Å²) in [5, 5.41) is 0. The van der Waals surface area contributed by atoms with Gasteiger partial charge in [0.05, 0.1) is 0 Å². The number of hydrogen-bond acceptors (Lipinski definition) is 1. The van der Waals surface area contributed by atoms with Crippen LogP contribution in [0.4, 0.5) is 0 Å². The van der Waals surface area contributed by atoms with Crippen molar-refractivity contribution in [3.8, 4) is 0 Å². The first-order valence-electron chi connectivity index (χ1n) is 1.26. The van der Waals surface area contributed by atoms with E-state index in [2.05, 4.69) is 0 Å². The van der Waals surface area contributed by atoms with E-state index in [4.69, 9.17) is 4.79 Å². The van der Waals surface area contributed by atoms with Gasteiger partial charge in [-0.3, -0.25) is 6.29 Å². The Morgan fingerprint density at radius 2 is 1.83 bits per heavy atom. The van der Waals surface area contributed by atoms with Gasteiger partial charge in [0.15, 0.2) is 0 Å². The van der Waals surface area contributed by atoms with E-state index in [9.17, 15) is 0 Å². The van der Waals surface area contributed by atoms with Crippen molar-refractivity contribution >= 4 is 16.4 Å². The summed E-state index contributed by atoms with van der Waals surface area (Å²) in [6, 6.07) is 0. The van der Waals surface area contributed by atoms with Crippen LogP contribution >= 0.6 is 0 Å². The van der Waals surface area contributed by atoms with E-state index < -0.39 is 0 Å². The Hall–Kier alpha value is 0.319. The van der Waals surface area contributed by atoms with Crippen LogP contribution in [0.1, 0.15) is 13.3 Å². The first kappa shape index (κ1) is 16.2. The van der Waals surface area contributed by atoms with E-state index in [1.165, 1.54) is 0 Å². The van der Waals surface area contributed by atoms with Gasteiger partial charge < -0.3 is 21.8 Å². The second kappa shape index (κ2) is 18.5. The van der Waals surface area contributed by atoms with Gasteiger partial charge in [0.25, 0.3) is 0 Å². The molecule has 0 aromatic heterocycles. The van der Waals surface area contributed by atoms with Crippen LogP contribution in [0.2, 0.25) is 0 Å². The standard InChI is InChI=1S/C3H5O.Be.BrH/c1-2-3-4;;/h2H2,1H3;;1H/q-1;+2;/p-1. The summed E-state index contributed by atoms with van der Waals surface area (Å²) in [5.41, 5.74) is 0. The van der Waals surface area contributed by atoms with Gasteiger partial charge >= 0.3 is 10.1 Å². The maximum absolute atomic E-state index is 9.05. The number of rotatable bonds is 1. The molecule has 0 aromatic carbocycles. The third-order valence-electron chi connectivity index (χ3n) is 0.144. The summed E-state index contributed by atoms with van der Waals surface area (Å²) in [5.74, 6) is 0. The normalized spacial score (nSPS) is 4.17. The smallest absolute Gasteiger partial charge is 1.00 e. The molecule has 0 fully saturated rings. The van der Waals surface area contributed by atoms with Crippen molar-refractivity contribution in [2.24, 2.45) is 0 Å². The van der Waals surface area contributed by atoms with E-state index >= 15 is 0 Å². The molecule has 0 amide bonds. The molecule has 1 nitrogen and oxygen atoms in total. The van der Waals surface area contributed by atoms with Gasteiger partial charge in [0.2, 0.25) is 0 Å². The average molecular weight is 146 g/mol. The minimum Gasteiger partial charge on any atom is -1.00 e. The van der Waals surface area contributed by atoms with Crippen molar-refractivity contribution in [1.82, 2.24) is 0 Å². The molecule has 0 aliphatic rings. The van der Waals surface area contributed by atoms with Crippen LogP contribution in [-0.2, 0) is 4.79 Å². The molecule has 0 aliphatic heterocycles. The van der Waals surface area contributed by atoms with Gasteiger partial charge in [-0.15, -0.1) is 0 Å². The first-order chi connectivity index (χ1) is 1.91. The van der Waals surface area contributed by atoms with E-state index in [0.717, 1.165) is 0 Å². The van der Waals surface area contributed by atoms with Gasteiger partial charge in [-0.05, 0) is 0 Å². The Balaban J connectivity index is -0.0000000450. The third kappa shape index (κ3) is 27.4. The van der Waals surface area contributed by atoms with Crippen LogP contribution in [0.25, 0.3) is 0 Å². The summed E-state index contributed by atoms with van der Waals surface area (Å²) >= 11 is 0. The summed E-state index contributed by atoms with van der Waals surface area (Å²) in [7, 11) is 0. The van der Waals surface area contributed by atoms with Crippen LogP contribution in [-0.4, -0.2) is 16.4 Å². The second-order valence-corrected chi connectivity index (χ2v) is 0.498. The molecule has 0 atom stereocenters. The molecule has 0 radical (unpaired) electrons. The Morgan fingerprint density at radius 3 is 1.83 bits per heavy atom. The molecule has 0 unspecified atom stereocenters. The summed E-state index contributed by atoms with van der Waals surface area (Å²) in [6.07, 6.45) is 2.19. The van der Waals surface area contributed by atoms with Crippen molar-refractivity contribution in [1.29, 1.82) is 0 Å². The molecule has 0 saturated heterocycles. The van der Waals surface area contributed by atoms with E-state index in [1.54, 1.807) is 13.2 Å². The second-order valence-electron chi connectivity index (χ2n) is 0.498. The molecule has 6 heavy (non-hydrogen) atoms. The van der Waals surface area contributed by atoms with Gasteiger partial charge in [-0.2, -0.15) is 6.42 Å². The maximum Gasteiger partial charge on any atom is 2.00 e. The predicted octanol–water partition coefficient (Wildman–Crippen LogP) is -2.87. The molecule has 32 valence electrons. The first-order valence-corrected chi connectivity index (χ1v) is 1.26. The molecule has 0 bridgehead atoms. The maximum atomic E-state index is 9.05. The van der Waals surface area contributed by atoms with Crippen LogP contribution in [0.3, 0.4) is 0 Å². The third-order valence-corrected chi connectivity index (χ3v) is 0.144. The molecule has 0 aromatic rings. The zero-order valence-corrected chi connectivity index (χ0v) is 5.29. The van der Waals surface area contributed by atoms with Crippen molar-refractivity contribution in [2.45, 2.75) is 13.3 Å². The molecule has 0 heterocycles. The van der Waals surface area contributed by atoms with E-state index in [-0.39, 0.29) is 27.1 Å². The Labute approximate surface area is 52.1 Å². The van der Waals surface area contributed by atoms with Gasteiger partial charge in [-0.1, -0.05) is 6.92 Å². The van der Waals surface area contributed by atoms with E-state index in [0.29, 0.717) is 6.42 Å². The van der Waals surface area contributed by atoms with Crippen molar-refractivity contribution in [3.63, 3.8) is 0 Å². The molecule has 0 rings (SSSR count). The molecule has 0 N–H and O–H groups in total. The van der Waals surface area contributed by atoms with Crippen LogP contribution in [0, 0.1) is 0 Å². The Bertz CT molecular complexity index is 24.8. The molecule has 0 spiro atoms. The fourth-order valence-corrected chi connectivity index (χ4v) is 0. The molecular weight excluding hydrogens is 141 g/mol. The van der Waals surface area contributed by atoms with Gasteiger partial charge in [-0.25, -0.2) is 0 Å². The summed E-state index contributed by atoms with van der Waals surface area (Å²) < 4.78 is 0. The van der Waals surface area contributed by atoms with Crippen LogP contribution in [0.5, 0.6) is 0 Å². The number of halogens is 1. The van der Waals surface area contributed by atoms with Crippen molar-refractivity contribution in [3.05, 3.63) is 0 Å². The minimum atomic E-state index is 0. The topological polar surface area (TPSA) is 17.1 Å². The van der Waals surface area contributed by atoms with Crippen molar-refractivity contribution < 1.29 is 21.8 Å². The summed E-state index contributed by atoms with van der Waals surface area (Å²) in [4.78, 5) is 9.05. The minimum absolute atomic E-state index is 0. The quantitative estimate of drug-likeness (QED) is 0.287. The fourth-order valence-electron chi connectivity index (χ4n) is 0. The summed E-state index contributed by atoms with van der Waals surface area (Å²) in [6.45, 7) is 1.76. The SMILES string of the molecule is CC[C-]=O.[Be+2].[Br-]. The zero-order chi connectivity index (χ0) is 3.41. The van der Waals surface area contributed by atoms with Crippen LogP contribution in [0.15, 0.2) is 0 Å².